The fourth-order valence-electron chi connectivity index (χ4n) is 4.46. The Bertz CT molecular complexity index is 542. The SMILES string of the molecule is O=C1c2ccc(Cl)cc2CC1C1NCC2CCCC21. The monoisotopic (exact) mass is 275 g/mol. The molecule has 3 aliphatic rings. The number of nitrogens with one attached hydrogen (secondary N) is 1. The van der Waals surface area contributed by atoms with Crippen LogP contribution in [0.3, 0.4) is 0 Å². The van der Waals surface area contributed by atoms with Gasteiger partial charge in [0.15, 0.2) is 5.78 Å². The van der Waals surface area contributed by atoms with Crippen molar-refractivity contribution in [1.82, 2.24) is 5.32 Å². The van der Waals surface area contributed by atoms with Crippen LogP contribution in [-0.2, 0) is 6.42 Å². The lowest BCUT2D eigenvalue weighted by Crippen LogP contribution is -2.38. The lowest BCUT2D eigenvalue weighted by Gasteiger charge is -2.23. The molecule has 4 rings (SSSR count). The molecule has 0 aromatic heterocycles. The first-order valence-corrected chi connectivity index (χ1v) is 7.68. The second kappa shape index (κ2) is 4.32. The molecule has 19 heavy (non-hydrogen) atoms. The lowest BCUT2D eigenvalue weighted by atomic mass is 9.84. The average Bonchev–Trinajstić information content (AvgIpc) is 3.04. The van der Waals surface area contributed by atoms with Crippen LogP contribution >= 0.6 is 11.6 Å². The molecule has 2 fully saturated rings. The number of benzene rings is 1. The summed E-state index contributed by atoms with van der Waals surface area (Å²) in [4.78, 5) is 12.6. The summed E-state index contributed by atoms with van der Waals surface area (Å²) in [5.74, 6) is 2.00. The summed E-state index contributed by atoms with van der Waals surface area (Å²) in [6.45, 7) is 1.11. The van der Waals surface area contributed by atoms with Gasteiger partial charge in [0.2, 0.25) is 0 Å². The summed E-state index contributed by atoms with van der Waals surface area (Å²) >= 11 is 6.04. The standard InChI is InChI=1S/C16H18ClNO/c17-11-4-5-13-10(6-11)7-14(16(13)19)15-12-3-1-2-9(12)8-18-15/h4-6,9,12,14-15,18H,1-3,7-8H2. The molecule has 1 saturated carbocycles. The van der Waals surface area contributed by atoms with Crippen molar-refractivity contribution in [2.45, 2.75) is 31.7 Å². The van der Waals surface area contributed by atoms with E-state index in [1.165, 1.54) is 19.3 Å². The van der Waals surface area contributed by atoms with E-state index in [0.717, 1.165) is 41.0 Å². The molecule has 4 atom stereocenters. The van der Waals surface area contributed by atoms with Gasteiger partial charge in [0, 0.05) is 22.5 Å². The van der Waals surface area contributed by atoms with Crippen LogP contribution in [-0.4, -0.2) is 18.4 Å². The van der Waals surface area contributed by atoms with Crippen LogP contribution in [0.4, 0.5) is 0 Å². The molecule has 0 bridgehead atoms. The summed E-state index contributed by atoms with van der Waals surface area (Å²) in [5, 5.41) is 4.37. The van der Waals surface area contributed by atoms with Crippen LogP contribution in [0.15, 0.2) is 18.2 Å². The van der Waals surface area contributed by atoms with Gasteiger partial charge in [0.05, 0.1) is 0 Å². The molecule has 0 spiro atoms. The molecule has 1 aromatic rings. The number of fused-ring (bicyclic) bond motifs is 2. The minimum atomic E-state index is 0.140. The Morgan fingerprint density at radius 3 is 3.05 bits per heavy atom. The van der Waals surface area contributed by atoms with Crippen LogP contribution in [0.1, 0.15) is 35.2 Å². The second-order valence-electron chi connectivity index (χ2n) is 6.27. The number of ketones is 1. The minimum Gasteiger partial charge on any atom is -0.313 e. The highest BCUT2D eigenvalue weighted by Gasteiger charge is 2.46. The zero-order chi connectivity index (χ0) is 13.0. The molecule has 0 radical (unpaired) electrons. The highest BCUT2D eigenvalue weighted by Crippen LogP contribution is 2.43. The number of rotatable bonds is 1. The number of hydrogen-bond acceptors (Lipinski definition) is 2. The quantitative estimate of drug-likeness (QED) is 0.853. The van der Waals surface area contributed by atoms with Crippen LogP contribution in [0.5, 0.6) is 0 Å². The third-order valence-electron chi connectivity index (χ3n) is 5.34. The Morgan fingerprint density at radius 2 is 2.16 bits per heavy atom. The largest absolute Gasteiger partial charge is 0.313 e. The van der Waals surface area contributed by atoms with Crippen molar-refractivity contribution in [1.29, 1.82) is 0 Å². The average molecular weight is 276 g/mol. The Balaban J connectivity index is 1.63. The van der Waals surface area contributed by atoms with Crippen LogP contribution < -0.4 is 5.32 Å². The minimum absolute atomic E-state index is 0.140. The van der Waals surface area contributed by atoms with E-state index in [1.807, 2.05) is 18.2 Å². The van der Waals surface area contributed by atoms with Crippen molar-refractivity contribution in [2.24, 2.45) is 17.8 Å². The topological polar surface area (TPSA) is 29.1 Å². The van der Waals surface area contributed by atoms with E-state index < -0.39 is 0 Å². The number of Topliss-reactive ketones (excluding diaryl/α,β-unsaturated/α-hetero) is 1. The molecule has 0 amide bonds. The van der Waals surface area contributed by atoms with Crippen molar-refractivity contribution < 1.29 is 4.79 Å². The van der Waals surface area contributed by atoms with Crippen molar-refractivity contribution in [3.8, 4) is 0 Å². The van der Waals surface area contributed by atoms with Crippen molar-refractivity contribution in [2.75, 3.05) is 6.54 Å². The Morgan fingerprint density at radius 1 is 1.26 bits per heavy atom. The van der Waals surface area contributed by atoms with Crippen LogP contribution in [0.2, 0.25) is 5.02 Å². The van der Waals surface area contributed by atoms with Gasteiger partial charge in [0.25, 0.3) is 0 Å². The van der Waals surface area contributed by atoms with Gasteiger partial charge in [-0.1, -0.05) is 18.0 Å². The molecule has 3 heteroatoms. The summed E-state index contributed by atoms with van der Waals surface area (Å²) in [6.07, 6.45) is 4.85. The summed E-state index contributed by atoms with van der Waals surface area (Å²) in [7, 11) is 0. The van der Waals surface area contributed by atoms with E-state index in [1.54, 1.807) is 0 Å². The van der Waals surface area contributed by atoms with Gasteiger partial charge >= 0.3 is 0 Å². The van der Waals surface area contributed by atoms with Gasteiger partial charge in [-0.3, -0.25) is 4.79 Å². The third kappa shape index (κ3) is 1.77. The molecule has 1 aromatic carbocycles. The molecule has 100 valence electrons. The molecule has 1 N–H and O–H groups in total. The lowest BCUT2D eigenvalue weighted by molar-refractivity contribution is 0.0897. The van der Waals surface area contributed by atoms with Crippen LogP contribution in [0, 0.1) is 17.8 Å². The fraction of sp³-hybridized carbons (Fsp3) is 0.562. The number of carbonyl (C=O) groups is 1. The summed E-state index contributed by atoms with van der Waals surface area (Å²) < 4.78 is 0. The number of carbonyl (C=O) groups excluding carboxylic acids is 1. The second-order valence-corrected chi connectivity index (χ2v) is 6.70. The maximum Gasteiger partial charge on any atom is 0.168 e. The highest BCUT2D eigenvalue weighted by atomic mass is 35.5. The predicted octanol–water partition coefficient (Wildman–Crippen LogP) is 3.08. The third-order valence-corrected chi connectivity index (χ3v) is 5.57. The number of hydrogen-bond donors (Lipinski definition) is 1. The maximum atomic E-state index is 12.6. The van der Waals surface area contributed by atoms with E-state index in [4.69, 9.17) is 11.6 Å². The molecular formula is C16H18ClNO. The van der Waals surface area contributed by atoms with Crippen molar-refractivity contribution >= 4 is 17.4 Å². The summed E-state index contributed by atoms with van der Waals surface area (Å²) in [5.41, 5.74) is 2.04. The smallest absolute Gasteiger partial charge is 0.168 e. The van der Waals surface area contributed by atoms with Crippen LogP contribution in [0.25, 0.3) is 0 Å². The molecular weight excluding hydrogens is 258 g/mol. The predicted molar refractivity (Wildman–Crippen MR) is 75.6 cm³/mol. The first-order chi connectivity index (χ1) is 9.24. The van der Waals surface area contributed by atoms with Gasteiger partial charge in [-0.05, 0) is 61.4 Å². The van der Waals surface area contributed by atoms with E-state index in [-0.39, 0.29) is 5.92 Å². The molecule has 1 saturated heterocycles. The van der Waals surface area contributed by atoms with E-state index in [2.05, 4.69) is 5.32 Å². The van der Waals surface area contributed by atoms with Gasteiger partial charge < -0.3 is 5.32 Å². The first-order valence-electron chi connectivity index (χ1n) is 7.30. The number of halogens is 1. The Kier molecular flexibility index (Phi) is 2.71. The fourth-order valence-corrected chi connectivity index (χ4v) is 4.66. The first kappa shape index (κ1) is 11.9. The van der Waals surface area contributed by atoms with Crippen molar-refractivity contribution in [3.63, 3.8) is 0 Å². The zero-order valence-electron chi connectivity index (χ0n) is 10.9. The molecule has 2 nitrogen and oxygen atoms in total. The maximum absolute atomic E-state index is 12.6. The van der Waals surface area contributed by atoms with Gasteiger partial charge in [-0.25, -0.2) is 0 Å². The van der Waals surface area contributed by atoms with Gasteiger partial charge in [-0.15, -0.1) is 0 Å². The van der Waals surface area contributed by atoms with Gasteiger partial charge in [-0.2, -0.15) is 0 Å². The highest BCUT2D eigenvalue weighted by molar-refractivity contribution is 6.30. The Labute approximate surface area is 118 Å². The Hall–Kier alpha value is -0.860. The molecule has 2 aliphatic carbocycles. The molecule has 4 unspecified atom stereocenters. The van der Waals surface area contributed by atoms with E-state index in [9.17, 15) is 4.79 Å². The van der Waals surface area contributed by atoms with E-state index >= 15 is 0 Å². The molecule has 1 aliphatic heterocycles. The molecule has 1 heterocycles. The van der Waals surface area contributed by atoms with Crippen molar-refractivity contribution in [3.05, 3.63) is 34.3 Å². The normalized spacial score (nSPS) is 36.6. The summed E-state index contributed by atoms with van der Waals surface area (Å²) in [6, 6.07) is 6.10. The van der Waals surface area contributed by atoms with Gasteiger partial charge in [0.1, 0.15) is 0 Å². The zero-order valence-corrected chi connectivity index (χ0v) is 11.6. The van der Waals surface area contributed by atoms with E-state index in [0.29, 0.717) is 11.8 Å².